The molecule has 35 heavy (non-hydrogen) atoms. The van der Waals surface area contributed by atoms with Gasteiger partial charge in [-0.3, -0.25) is 0 Å². The Morgan fingerprint density at radius 3 is 0.800 bits per heavy atom. The quantitative estimate of drug-likeness (QED) is 0.301. The Bertz CT molecular complexity index is 424. The van der Waals surface area contributed by atoms with Gasteiger partial charge >= 0.3 is 0 Å². The fourth-order valence-corrected chi connectivity index (χ4v) is 4.09. The van der Waals surface area contributed by atoms with E-state index in [4.69, 9.17) is 0 Å². The molecule has 0 aromatic heterocycles. The first kappa shape index (κ1) is 38.5. The van der Waals surface area contributed by atoms with Gasteiger partial charge < -0.3 is 26.6 Å². The van der Waals surface area contributed by atoms with Crippen LogP contribution in [0.1, 0.15) is 105 Å². The average Bonchev–Trinajstić information content (AvgIpc) is 3.67. The molecule has 5 nitrogen and oxygen atoms in total. The summed E-state index contributed by atoms with van der Waals surface area (Å²) in [5, 5.41) is 16.3. The van der Waals surface area contributed by atoms with Crippen molar-refractivity contribution >= 4 is 0 Å². The van der Waals surface area contributed by atoms with Crippen molar-refractivity contribution in [1.29, 1.82) is 0 Å². The number of nitrogens with one attached hydrogen (secondary N) is 5. The summed E-state index contributed by atoms with van der Waals surface area (Å²) in [5.74, 6) is 0. The molecule has 1 aromatic rings. The number of hydrogen-bond donors (Lipinski definition) is 5. The predicted molar refractivity (Wildman–Crippen MR) is 162 cm³/mol. The molecule has 5 heteroatoms. The molecule has 5 aliphatic heterocycles. The highest BCUT2D eigenvalue weighted by atomic mass is 14.9. The molecule has 0 amide bonds. The van der Waals surface area contributed by atoms with Crippen LogP contribution in [-0.4, -0.2) is 52.4 Å². The second-order valence-corrected chi connectivity index (χ2v) is 8.91. The van der Waals surface area contributed by atoms with Crippen LogP contribution in [-0.2, 0) is 13.1 Å². The van der Waals surface area contributed by atoms with Crippen LogP contribution in [0, 0.1) is 0 Å². The summed E-state index contributed by atoms with van der Waals surface area (Å²) in [7, 11) is 0. The van der Waals surface area contributed by atoms with Gasteiger partial charge in [0.15, 0.2) is 0 Å². The molecule has 0 atom stereocenters. The van der Waals surface area contributed by atoms with Gasteiger partial charge in [-0.2, -0.15) is 0 Å². The topological polar surface area (TPSA) is 60.1 Å². The molecule has 0 unspecified atom stereocenters. The summed E-state index contributed by atoms with van der Waals surface area (Å²) in [6.45, 7) is 12.1. The highest BCUT2D eigenvalue weighted by Gasteiger charge is 2.06. The van der Waals surface area contributed by atoms with Crippen molar-refractivity contribution in [3.8, 4) is 0 Å². The zero-order chi connectivity index (χ0) is 21.7. The van der Waals surface area contributed by atoms with E-state index in [-0.39, 0.29) is 29.7 Å². The molecular formula is C30H65N5. The van der Waals surface area contributed by atoms with Gasteiger partial charge in [0.25, 0.3) is 0 Å². The molecule has 6 rings (SSSR count). The number of hydrogen-bond acceptors (Lipinski definition) is 5. The van der Waals surface area contributed by atoms with Crippen molar-refractivity contribution in [2.75, 3.05) is 52.4 Å². The highest BCUT2D eigenvalue weighted by molar-refractivity contribution is 5.29. The lowest BCUT2D eigenvalue weighted by Crippen LogP contribution is -2.21. The highest BCUT2D eigenvalue weighted by Crippen LogP contribution is 2.13. The van der Waals surface area contributed by atoms with E-state index in [1.807, 2.05) is 0 Å². The normalized spacial score (nSPS) is 19.1. The van der Waals surface area contributed by atoms with Crippen molar-refractivity contribution in [2.45, 2.75) is 107 Å². The van der Waals surface area contributed by atoms with Gasteiger partial charge in [-0.1, -0.05) is 66.8 Å². The molecular weight excluding hydrogens is 430 g/mol. The van der Waals surface area contributed by atoms with E-state index in [9.17, 15) is 0 Å². The minimum atomic E-state index is 0. The molecule has 0 aliphatic carbocycles. The molecule has 4 fully saturated rings. The second kappa shape index (κ2) is 29.3. The molecule has 4 saturated heterocycles. The van der Waals surface area contributed by atoms with E-state index >= 15 is 0 Å². The molecule has 0 spiro atoms. The van der Waals surface area contributed by atoms with E-state index in [0.717, 1.165) is 13.1 Å². The zero-order valence-electron chi connectivity index (χ0n) is 20.0. The van der Waals surface area contributed by atoms with Gasteiger partial charge in [-0.15, -0.1) is 0 Å². The van der Waals surface area contributed by atoms with Crippen LogP contribution >= 0.6 is 0 Å². The third-order valence-corrected chi connectivity index (χ3v) is 6.08. The van der Waals surface area contributed by atoms with E-state index in [1.165, 1.54) is 128 Å². The average molecular weight is 496 g/mol. The lowest BCUT2D eigenvalue weighted by atomic mass is 10.1. The van der Waals surface area contributed by atoms with Crippen LogP contribution in [0.4, 0.5) is 0 Å². The van der Waals surface area contributed by atoms with Gasteiger partial charge in [0, 0.05) is 13.1 Å². The first-order valence-corrected chi connectivity index (χ1v) is 13.1. The summed E-state index contributed by atoms with van der Waals surface area (Å²) >= 11 is 0. The third-order valence-electron chi connectivity index (χ3n) is 6.08. The van der Waals surface area contributed by atoms with E-state index in [1.54, 1.807) is 0 Å². The Labute approximate surface area is 221 Å². The SMILES string of the molecule is C.C.C.C.C1CCNC1.C1CCNC1.C1CCNCC1.C1CCNCC1.c1ccc2c(c1)CNC2. The molecule has 0 bridgehead atoms. The number of rotatable bonds is 0. The first-order valence-electron chi connectivity index (χ1n) is 13.1. The fraction of sp³-hybridized carbons (Fsp3) is 0.800. The van der Waals surface area contributed by atoms with Crippen molar-refractivity contribution < 1.29 is 0 Å². The van der Waals surface area contributed by atoms with Crippen molar-refractivity contribution in [3.63, 3.8) is 0 Å². The minimum absolute atomic E-state index is 0. The van der Waals surface area contributed by atoms with Gasteiger partial charge in [0.2, 0.25) is 0 Å². The van der Waals surface area contributed by atoms with Crippen molar-refractivity contribution in [2.24, 2.45) is 0 Å². The van der Waals surface area contributed by atoms with Crippen LogP contribution < -0.4 is 26.6 Å². The Balaban J connectivity index is -0.000000362. The molecule has 5 aliphatic rings. The van der Waals surface area contributed by atoms with E-state index in [2.05, 4.69) is 50.8 Å². The number of fused-ring (bicyclic) bond motifs is 1. The van der Waals surface area contributed by atoms with Crippen LogP contribution in [0.5, 0.6) is 0 Å². The molecule has 5 N–H and O–H groups in total. The minimum Gasteiger partial charge on any atom is -0.317 e. The molecule has 0 saturated carbocycles. The van der Waals surface area contributed by atoms with Crippen molar-refractivity contribution in [3.05, 3.63) is 35.4 Å². The lowest BCUT2D eigenvalue weighted by Gasteiger charge is -2.08. The summed E-state index contributed by atoms with van der Waals surface area (Å²) in [5.41, 5.74) is 2.91. The Morgan fingerprint density at radius 2 is 0.600 bits per heavy atom. The summed E-state index contributed by atoms with van der Waals surface area (Å²) in [4.78, 5) is 0. The van der Waals surface area contributed by atoms with Crippen LogP contribution in [0.2, 0.25) is 0 Å². The van der Waals surface area contributed by atoms with Gasteiger partial charge in [0.1, 0.15) is 0 Å². The van der Waals surface area contributed by atoms with Crippen LogP contribution in [0.15, 0.2) is 24.3 Å². The molecule has 5 heterocycles. The standard InChI is InChI=1S/C8H9N.2C5H11N.2C4H9N.4CH4/c1-2-4-8-6-9-5-7(8)3-1;2*1-2-4-6-5-3-1;2*1-2-4-5-3-1;;;;/h1-4,9H,5-6H2;2*6H,1-5H2;2*5H,1-4H2;4*1H4. The molecule has 210 valence electrons. The van der Waals surface area contributed by atoms with E-state index < -0.39 is 0 Å². The lowest BCUT2D eigenvalue weighted by molar-refractivity contribution is 0.520. The first-order chi connectivity index (χ1) is 15.5. The van der Waals surface area contributed by atoms with Gasteiger partial charge in [-0.25, -0.2) is 0 Å². The third kappa shape index (κ3) is 22.0. The van der Waals surface area contributed by atoms with E-state index in [0.29, 0.717) is 0 Å². The van der Waals surface area contributed by atoms with Gasteiger partial charge in [0.05, 0.1) is 0 Å². The van der Waals surface area contributed by atoms with Crippen LogP contribution in [0.25, 0.3) is 0 Å². The zero-order valence-corrected chi connectivity index (χ0v) is 20.0. The summed E-state index contributed by atoms with van der Waals surface area (Å²) in [6.07, 6.45) is 14.0. The Morgan fingerprint density at radius 1 is 0.343 bits per heavy atom. The summed E-state index contributed by atoms with van der Waals surface area (Å²) in [6, 6.07) is 8.53. The Kier molecular flexibility index (Phi) is 32.2. The fourth-order valence-electron chi connectivity index (χ4n) is 4.09. The smallest absolute Gasteiger partial charge is 0.0211 e. The Hall–Kier alpha value is -0.980. The second-order valence-electron chi connectivity index (χ2n) is 8.91. The largest absolute Gasteiger partial charge is 0.317 e. The van der Waals surface area contributed by atoms with Gasteiger partial charge in [-0.05, 0) is 115 Å². The maximum atomic E-state index is 3.29. The van der Waals surface area contributed by atoms with Crippen LogP contribution in [0.3, 0.4) is 0 Å². The number of piperidine rings is 2. The monoisotopic (exact) mass is 496 g/mol. The molecule has 1 aromatic carbocycles. The predicted octanol–water partition coefficient (Wildman–Crippen LogP) is 6.09. The van der Waals surface area contributed by atoms with Crippen molar-refractivity contribution in [1.82, 2.24) is 26.6 Å². The summed E-state index contributed by atoms with van der Waals surface area (Å²) < 4.78 is 0. The molecule has 0 radical (unpaired) electrons. The maximum absolute atomic E-state index is 3.29. The number of benzene rings is 1. The maximum Gasteiger partial charge on any atom is 0.0211 e.